The van der Waals surface area contributed by atoms with E-state index >= 15 is 0 Å². The Labute approximate surface area is 156 Å². The fourth-order valence-electron chi connectivity index (χ4n) is 3.55. The lowest BCUT2D eigenvalue weighted by atomic mass is 9.97. The topological polar surface area (TPSA) is 63.4 Å². The van der Waals surface area contributed by atoms with E-state index in [1.165, 1.54) is 0 Å². The van der Waals surface area contributed by atoms with Gasteiger partial charge in [-0.15, -0.1) is 0 Å². The summed E-state index contributed by atoms with van der Waals surface area (Å²) in [6.45, 7) is 5.69. The Kier molecular flexibility index (Phi) is 5.49. The quantitative estimate of drug-likeness (QED) is 0.838. The van der Waals surface area contributed by atoms with Gasteiger partial charge >= 0.3 is 0 Å². The molecule has 5 heteroatoms. The lowest BCUT2D eigenvalue weighted by molar-refractivity contribution is 0.555. The minimum Gasteiger partial charge on any atom is -0.364 e. The molecule has 0 aromatic heterocycles. The van der Waals surface area contributed by atoms with Crippen LogP contribution < -0.4 is 10.6 Å². The number of rotatable bonds is 6. The summed E-state index contributed by atoms with van der Waals surface area (Å²) in [6, 6.07) is 14.4. The molecule has 1 unspecified atom stereocenters. The molecule has 2 aromatic carbocycles. The molecule has 3 rings (SSSR count). The molecule has 2 N–H and O–H groups in total. The minimum absolute atomic E-state index is 0.323. The first kappa shape index (κ1) is 18.7. The van der Waals surface area contributed by atoms with Crippen LogP contribution in [-0.4, -0.2) is 27.5 Å². The summed E-state index contributed by atoms with van der Waals surface area (Å²) in [4.78, 5) is 3.00. The maximum Gasteiger partial charge on any atom is 0.206 e. The number of allylic oxidation sites excluding steroid dienone is 1. The standard InChI is InChI=1S/C21H26N2O2S/c1-3-17(11-13-22)23-14-12-16(2)20-15-19(9-10-21(20)23)26(24,25)18-7-5-4-6-8-18/h4-10,12,15,17H,3,11,13-14,22H2,1-2H3. The van der Waals surface area contributed by atoms with Gasteiger partial charge in [-0.2, -0.15) is 0 Å². The summed E-state index contributed by atoms with van der Waals surface area (Å²) in [5.41, 5.74) is 8.98. The van der Waals surface area contributed by atoms with Gasteiger partial charge in [-0.25, -0.2) is 8.42 Å². The van der Waals surface area contributed by atoms with E-state index in [0.29, 0.717) is 22.4 Å². The number of anilines is 1. The first-order valence-corrected chi connectivity index (χ1v) is 10.6. The Morgan fingerprint density at radius 2 is 1.85 bits per heavy atom. The molecule has 0 saturated carbocycles. The molecule has 0 radical (unpaired) electrons. The number of hydrogen-bond acceptors (Lipinski definition) is 4. The summed E-state index contributed by atoms with van der Waals surface area (Å²) in [7, 11) is -3.52. The van der Waals surface area contributed by atoms with Crippen molar-refractivity contribution in [2.45, 2.75) is 42.5 Å². The van der Waals surface area contributed by atoms with E-state index in [1.54, 1.807) is 30.3 Å². The molecular weight excluding hydrogens is 344 g/mol. The van der Waals surface area contributed by atoms with Gasteiger partial charge in [-0.05, 0) is 62.2 Å². The zero-order chi connectivity index (χ0) is 18.7. The number of benzene rings is 2. The van der Waals surface area contributed by atoms with E-state index in [0.717, 1.165) is 36.2 Å². The largest absolute Gasteiger partial charge is 0.364 e. The highest BCUT2D eigenvalue weighted by Crippen LogP contribution is 2.36. The van der Waals surface area contributed by atoms with Crippen molar-refractivity contribution in [1.82, 2.24) is 0 Å². The van der Waals surface area contributed by atoms with Crippen LogP contribution in [0.3, 0.4) is 0 Å². The van der Waals surface area contributed by atoms with E-state index in [4.69, 9.17) is 5.73 Å². The molecule has 4 nitrogen and oxygen atoms in total. The predicted molar refractivity (Wildman–Crippen MR) is 107 cm³/mol. The van der Waals surface area contributed by atoms with Crippen molar-refractivity contribution in [2.75, 3.05) is 18.0 Å². The second-order valence-corrected chi connectivity index (χ2v) is 8.62. The fourth-order valence-corrected chi connectivity index (χ4v) is 4.85. The van der Waals surface area contributed by atoms with Crippen LogP contribution in [0.4, 0.5) is 5.69 Å². The highest BCUT2D eigenvalue weighted by Gasteiger charge is 2.25. The summed E-state index contributed by atoms with van der Waals surface area (Å²) < 4.78 is 25.9. The fraction of sp³-hybridized carbons (Fsp3) is 0.333. The van der Waals surface area contributed by atoms with E-state index in [-0.39, 0.29) is 0 Å². The molecule has 2 aromatic rings. The Hall–Kier alpha value is -2.11. The number of hydrogen-bond donors (Lipinski definition) is 1. The Morgan fingerprint density at radius 1 is 1.12 bits per heavy atom. The number of nitrogens with zero attached hydrogens (tertiary/aromatic N) is 1. The van der Waals surface area contributed by atoms with Crippen LogP contribution in [0.1, 0.15) is 32.3 Å². The summed E-state index contributed by atoms with van der Waals surface area (Å²) in [5.74, 6) is 0. The van der Waals surface area contributed by atoms with Gasteiger partial charge in [-0.1, -0.05) is 31.2 Å². The smallest absolute Gasteiger partial charge is 0.206 e. The van der Waals surface area contributed by atoms with Gasteiger partial charge in [0.15, 0.2) is 0 Å². The van der Waals surface area contributed by atoms with Gasteiger partial charge in [0, 0.05) is 23.8 Å². The maximum absolute atomic E-state index is 13.0. The second kappa shape index (κ2) is 7.64. The molecule has 1 aliphatic rings. The predicted octanol–water partition coefficient (Wildman–Crippen LogP) is 3.87. The number of sulfone groups is 1. The van der Waals surface area contributed by atoms with Gasteiger partial charge in [0.25, 0.3) is 0 Å². The number of nitrogens with two attached hydrogens (primary N) is 1. The van der Waals surface area contributed by atoms with Crippen LogP contribution in [0.15, 0.2) is 64.4 Å². The summed E-state index contributed by atoms with van der Waals surface area (Å²) in [5, 5.41) is 0. The summed E-state index contributed by atoms with van der Waals surface area (Å²) in [6.07, 6.45) is 4.10. The third-order valence-electron chi connectivity index (χ3n) is 5.07. The number of fused-ring (bicyclic) bond motifs is 1. The Bertz CT molecular complexity index is 905. The molecule has 1 aliphatic heterocycles. The molecule has 0 aliphatic carbocycles. The average Bonchev–Trinajstić information content (AvgIpc) is 2.67. The normalized spacial score (nSPS) is 15.3. The molecule has 0 bridgehead atoms. The molecule has 138 valence electrons. The van der Waals surface area contributed by atoms with Gasteiger partial charge in [-0.3, -0.25) is 0 Å². The second-order valence-electron chi connectivity index (χ2n) is 6.67. The van der Waals surface area contributed by atoms with Crippen molar-refractivity contribution < 1.29 is 8.42 Å². The summed E-state index contributed by atoms with van der Waals surface area (Å²) >= 11 is 0. The van der Waals surface area contributed by atoms with Crippen LogP contribution in [-0.2, 0) is 9.84 Å². The zero-order valence-electron chi connectivity index (χ0n) is 15.4. The average molecular weight is 371 g/mol. The molecule has 0 spiro atoms. The highest BCUT2D eigenvalue weighted by atomic mass is 32.2. The lowest BCUT2D eigenvalue weighted by Gasteiger charge is -2.37. The molecule has 0 fully saturated rings. The van der Waals surface area contributed by atoms with Crippen LogP contribution in [0, 0.1) is 0 Å². The van der Waals surface area contributed by atoms with Crippen LogP contribution in [0.5, 0.6) is 0 Å². The third-order valence-corrected chi connectivity index (χ3v) is 6.84. The first-order valence-electron chi connectivity index (χ1n) is 9.07. The van der Waals surface area contributed by atoms with E-state index in [9.17, 15) is 8.42 Å². The lowest BCUT2D eigenvalue weighted by Crippen LogP contribution is -2.38. The van der Waals surface area contributed by atoms with E-state index < -0.39 is 9.84 Å². The van der Waals surface area contributed by atoms with Gasteiger partial charge < -0.3 is 10.6 Å². The van der Waals surface area contributed by atoms with Gasteiger partial charge in [0.2, 0.25) is 9.84 Å². The van der Waals surface area contributed by atoms with Gasteiger partial charge in [0.05, 0.1) is 9.79 Å². The van der Waals surface area contributed by atoms with Gasteiger partial charge in [0.1, 0.15) is 0 Å². The Morgan fingerprint density at radius 3 is 2.50 bits per heavy atom. The van der Waals surface area contributed by atoms with Crippen molar-refractivity contribution in [3.05, 3.63) is 60.2 Å². The van der Waals surface area contributed by atoms with Crippen molar-refractivity contribution in [3.8, 4) is 0 Å². The SMILES string of the molecule is CCC(CCN)N1CC=C(C)c2cc(S(=O)(=O)c3ccccc3)ccc21. The van der Waals surface area contributed by atoms with Crippen molar-refractivity contribution in [3.63, 3.8) is 0 Å². The Balaban J connectivity index is 2.05. The van der Waals surface area contributed by atoms with Crippen molar-refractivity contribution in [1.29, 1.82) is 0 Å². The molecule has 26 heavy (non-hydrogen) atoms. The minimum atomic E-state index is -3.52. The van der Waals surface area contributed by atoms with Crippen LogP contribution in [0.25, 0.3) is 5.57 Å². The zero-order valence-corrected chi connectivity index (χ0v) is 16.2. The molecule has 1 heterocycles. The monoisotopic (exact) mass is 370 g/mol. The molecule has 0 amide bonds. The molecule has 1 atom stereocenters. The van der Waals surface area contributed by atoms with E-state index in [1.807, 2.05) is 25.1 Å². The van der Waals surface area contributed by atoms with Crippen LogP contribution >= 0.6 is 0 Å². The first-order chi connectivity index (χ1) is 12.5. The highest BCUT2D eigenvalue weighted by molar-refractivity contribution is 7.91. The maximum atomic E-state index is 13.0. The van der Waals surface area contributed by atoms with E-state index in [2.05, 4.69) is 17.9 Å². The molecular formula is C21H26N2O2S. The van der Waals surface area contributed by atoms with Crippen molar-refractivity contribution in [2.24, 2.45) is 5.73 Å². The van der Waals surface area contributed by atoms with Crippen molar-refractivity contribution >= 4 is 21.1 Å². The van der Waals surface area contributed by atoms with Crippen LogP contribution in [0.2, 0.25) is 0 Å². The third kappa shape index (κ3) is 3.41. The molecule has 0 saturated heterocycles.